The number of sulfonamides is 1. The van der Waals surface area contributed by atoms with Gasteiger partial charge in [0.25, 0.3) is 0 Å². The van der Waals surface area contributed by atoms with Crippen molar-refractivity contribution in [2.75, 3.05) is 36.4 Å². The van der Waals surface area contributed by atoms with Crippen LogP contribution in [-0.4, -0.2) is 55.0 Å². The molecule has 1 aliphatic rings. The third kappa shape index (κ3) is 5.04. The van der Waals surface area contributed by atoms with E-state index in [1.54, 1.807) is 12.1 Å². The van der Waals surface area contributed by atoms with E-state index in [1.165, 1.54) is 28.9 Å². The van der Waals surface area contributed by atoms with E-state index in [9.17, 15) is 13.2 Å². The first-order valence-corrected chi connectivity index (χ1v) is 12.2. The number of nitrogens with one attached hydrogen (secondary N) is 1. The Bertz CT molecular complexity index is 1250. The molecule has 4 rings (SSSR count). The first kappa shape index (κ1) is 22.9. The maximum Gasteiger partial charge on any atom is 0.243 e. The molecule has 0 aliphatic carbocycles. The third-order valence-electron chi connectivity index (χ3n) is 5.68. The van der Waals surface area contributed by atoms with Gasteiger partial charge in [-0.2, -0.15) is 4.31 Å². The number of hydrogen-bond donors (Lipinski definition) is 1. The molecule has 2 aromatic carbocycles. The summed E-state index contributed by atoms with van der Waals surface area (Å²) >= 11 is 0. The largest absolute Gasteiger partial charge is 0.352 e. The fourth-order valence-corrected chi connectivity index (χ4v) is 5.38. The Kier molecular flexibility index (Phi) is 6.44. The fraction of sp³-hybridized carbons (Fsp3) is 0.292. The van der Waals surface area contributed by atoms with E-state index in [4.69, 9.17) is 0 Å². The highest BCUT2D eigenvalue weighted by Crippen LogP contribution is 2.25. The van der Waals surface area contributed by atoms with Crippen molar-refractivity contribution in [3.8, 4) is 11.3 Å². The highest BCUT2D eigenvalue weighted by Gasteiger charge is 2.29. The summed E-state index contributed by atoms with van der Waals surface area (Å²) in [4.78, 5) is 13.4. The molecule has 3 aromatic rings. The molecule has 0 unspecified atom stereocenters. The number of hydrogen-bond acceptors (Lipinski definition) is 6. The zero-order valence-corrected chi connectivity index (χ0v) is 19.8. The predicted octanol–water partition coefficient (Wildman–Crippen LogP) is 3.23. The van der Waals surface area contributed by atoms with Crippen LogP contribution >= 0.6 is 0 Å². The first-order valence-electron chi connectivity index (χ1n) is 10.8. The molecule has 0 saturated carbocycles. The Morgan fingerprint density at radius 2 is 1.61 bits per heavy atom. The average molecular weight is 466 g/mol. The number of nitrogens with zero attached hydrogens (tertiary/aromatic N) is 4. The number of benzene rings is 2. The third-order valence-corrected chi connectivity index (χ3v) is 7.60. The molecular weight excluding hydrogens is 438 g/mol. The van der Waals surface area contributed by atoms with Crippen molar-refractivity contribution in [1.29, 1.82) is 0 Å². The van der Waals surface area contributed by atoms with Crippen LogP contribution in [0.1, 0.15) is 18.1 Å². The SMILES string of the molecule is CC(=O)Nc1ccc(S(=O)(=O)N2CCN(c3ccc(-c4ccc(C)cc4C)nn3)CC2)cc1. The van der Waals surface area contributed by atoms with Gasteiger partial charge < -0.3 is 10.2 Å². The number of carbonyl (C=O) groups is 1. The molecule has 0 spiro atoms. The van der Waals surface area contributed by atoms with E-state index in [0.29, 0.717) is 31.9 Å². The van der Waals surface area contributed by atoms with E-state index in [0.717, 1.165) is 22.6 Å². The van der Waals surface area contributed by atoms with Gasteiger partial charge in [-0.05, 0) is 55.8 Å². The minimum atomic E-state index is -3.61. The molecule has 1 aromatic heterocycles. The molecule has 1 saturated heterocycles. The second-order valence-electron chi connectivity index (χ2n) is 8.19. The van der Waals surface area contributed by atoms with E-state index in [1.807, 2.05) is 17.0 Å². The number of amides is 1. The van der Waals surface area contributed by atoms with Gasteiger partial charge in [0.15, 0.2) is 5.82 Å². The quantitative estimate of drug-likeness (QED) is 0.622. The minimum absolute atomic E-state index is 0.202. The second-order valence-corrected chi connectivity index (χ2v) is 10.1. The molecule has 1 aliphatic heterocycles. The van der Waals surface area contributed by atoms with Crippen molar-refractivity contribution in [2.45, 2.75) is 25.7 Å². The molecule has 1 amide bonds. The van der Waals surface area contributed by atoms with Crippen molar-refractivity contribution < 1.29 is 13.2 Å². The maximum absolute atomic E-state index is 13.0. The van der Waals surface area contributed by atoms with Crippen molar-refractivity contribution in [1.82, 2.24) is 14.5 Å². The Hall–Kier alpha value is -3.30. The normalized spacial score (nSPS) is 14.8. The van der Waals surface area contributed by atoms with Crippen LogP contribution in [0.3, 0.4) is 0 Å². The van der Waals surface area contributed by atoms with Gasteiger partial charge in [0.05, 0.1) is 10.6 Å². The van der Waals surface area contributed by atoms with Gasteiger partial charge in [-0.1, -0.05) is 23.8 Å². The van der Waals surface area contributed by atoms with Crippen molar-refractivity contribution >= 4 is 27.4 Å². The van der Waals surface area contributed by atoms with Crippen LogP contribution in [-0.2, 0) is 14.8 Å². The number of rotatable bonds is 5. The Labute approximate surface area is 194 Å². The molecule has 2 heterocycles. The lowest BCUT2D eigenvalue weighted by Crippen LogP contribution is -2.49. The summed E-state index contributed by atoms with van der Waals surface area (Å²) in [7, 11) is -3.61. The molecular formula is C24H27N5O3S. The summed E-state index contributed by atoms with van der Waals surface area (Å²) in [6.07, 6.45) is 0. The lowest BCUT2D eigenvalue weighted by Gasteiger charge is -2.34. The molecule has 0 bridgehead atoms. The zero-order valence-electron chi connectivity index (χ0n) is 18.9. The number of piperazine rings is 1. The van der Waals surface area contributed by atoms with Crippen LogP contribution in [0.4, 0.5) is 11.5 Å². The Balaban J connectivity index is 1.41. The van der Waals surface area contributed by atoms with Crippen LogP contribution in [0.2, 0.25) is 0 Å². The van der Waals surface area contributed by atoms with Crippen molar-refractivity contribution in [3.05, 3.63) is 65.7 Å². The molecule has 0 radical (unpaired) electrons. The number of anilines is 2. The molecule has 33 heavy (non-hydrogen) atoms. The highest BCUT2D eigenvalue weighted by molar-refractivity contribution is 7.89. The number of aryl methyl sites for hydroxylation is 2. The monoisotopic (exact) mass is 465 g/mol. The summed E-state index contributed by atoms with van der Waals surface area (Å²) in [5.41, 5.74) is 4.80. The lowest BCUT2D eigenvalue weighted by atomic mass is 10.0. The first-order chi connectivity index (χ1) is 15.7. The van der Waals surface area contributed by atoms with Crippen molar-refractivity contribution in [2.24, 2.45) is 0 Å². The van der Waals surface area contributed by atoms with E-state index in [2.05, 4.69) is 47.6 Å². The van der Waals surface area contributed by atoms with Crippen LogP contribution < -0.4 is 10.2 Å². The topological polar surface area (TPSA) is 95.5 Å². The number of aromatic nitrogens is 2. The van der Waals surface area contributed by atoms with E-state index >= 15 is 0 Å². The fourth-order valence-electron chi connectivity index (χ4n) is 3.96. The van der Waals surface area contributed by atoms with Crippen LogP contribution in [0, 0.1) is 13.8 Å². The zero-order chi connectivity index (χ0) is 23.6. The van der Waals surface area contributed by atoms with Gasteiger partial charge in [0.1, 0.15) is 0 Å². The van der Waals surface area contributed by atoms with E-state index in [-0.39, 0.29) is 10.8 Å². The molecule has 0 atom stereocenters. The summed E-state index contributed by atoms with van der Waals surface area (Å²) in [6, 6.07) is 16.4. The molecule has 172 valence electrons. The molecule has 8 nitrogen and oxygen atoms in total. The maximum atomic E-state index is 13.0. The summed E-state index contributed by atoms with van der Waals surface area (Å²) in [5.74, 6) is 0.534. The lowest BCUT2D eigenvalue weighted by molar-refractivity contribution is -0.114. The van der Waals surface area contributed by atoms with Gasteiger partial charge >= 0.3 is 0 Å². The number of carbonyl (C=O) groups excluding carboxylic acids is 1. The predicted molar refractivity (Wildman–Crippen MR) is 129 cm³/mol. The van der Waals surface area contributed by atoms with E-state index < -0.39 is 10.0 Å². The van der Waals surface area contributed by atoms with Gasteiger partial charge in [0.2, 0.25) is 15.9 Å². The van der Waals surface area contributed by atoms with Crippen molar-refractivity contribution in [3.63, 3.8) is 0 Å². The Morgan fingerprint density at radius 3 is 2.18 bits per heavy atom. The summed E-state index contributed by atoms with van der Waals surface area (Å²) in [5, 5.41) is 11.4. The van der Waals surface area contributed by atoms with Crippen LogP contribution in [0.25, 0.3) is 11.3 Å². The van der Waals surface area contributed by atoms with Crippen LogP contribution in [0.15, 0.2) is 59.5 Å². The van der Waals surface area contributed by atoms with Gasteiger partial charge in [-0.25, -0.2) is 8.42 Å². The molecule has 1 N–H and O–H groups in total. The second kappa shape index (κ2) is 9.29. The van der Waals surface area contributed by atoms with Gasteiger partial charge in [-0.3, -0.25) is 4.79 Å². The molecule has 9 heteroatoms. The summed E-state index contributed by atoms with van der Waals surface area (Å²) < 4.78 is 27.5. The van der Waals surface area contributed by atoms with Gasteiger partial charge in [-0.15, -0.1) is 10.2 Å². The summed E-state index contributed by atoms with van der Waals surface area (Å²) in [6.45, 7) is 7.30. The molecule has 1 fully saturated rings. The minimum Gasteiger partial charge on any atom is -0.352 e. The van der Waals surface area contributed by atoms with Crippen LogP contribution in [0.5, 0.6) is 0 Å². The average Bonchev–Trinajstić information content (AvgIpc) is 2.79. The van der Waals surface area contributed by atoms with Gasteiger partial charge in [0, 0.05) is 44.4 Å². The Morgan fingerprint density at radius 1 is 0.909 bits per heavy atom. The highest BCUT2D eigenvalue weighted by atomic mass is 32.2. The standard InChI is InChI=1S/C24H27N5O3S/c1-17-4-9-22(18(2)16-17)23-10-11-24(27-26-23)28-12-14-29(15-13-28)33(31,32)21-7-5-20(6-8-21)25-19(3)30/h4-11,16H,12-15H2,1-3H3,(H,25,30). The smallest absolute Gasteiger partial charge is 0.243 e.